The van der Waals surface area contributed by atoms with Crippen LogP contribution in [0.1, 0.15) is 20.3 Å². The van der Waals surface area contributed by atoms with Gasteiger partial charge in [0.1, 0.15) is 6.54 Å². The van der Waals surface area contributed by atoms with Crippen LogP contribution in [0.25, 0.3) is 0 Å². The highest BCUT2D eigenvalue weighted by atomic mass is 19.4. The second kappa shape index (κ2) is 5.44. The van der Waals surface area contributed by atoms with E-state index in [4.69, 9.17) is 5.73 Å². The van der Waals surface area contributed by atoms with Gasteiger partial charge < -0.3 is 16.0 Å². The third-order valence-corrected chi connectivity index (χ3v) is 2.74. The molecule has 106 valence electrons. The fourth-order valence-electron chi connectivity index (χ4n) is 2.10. The standard InChI is InChI=1S/C11H20F3N3O/c1-10(2,15)7-17-4-3-8(5-17)9(18)16-6-11(12,13)14/h8H,3-7,15H2,1-2H3,(H,16,18). The Morgan fingerprint density at radius 1 is 1.44 bits per heavy atom. The zero-order valence-corrected chi connectivity index (χ0v) is 10.7. The summed E-state index contributed by atoms with van der Waals surface area (Å²) < 4.78 is 35.9. The van der Waals surface area contributed by atoms with Crippen molar-refractivity contribution >= 4 is 5.91 Å². The minimum atomic E-state index is -4.35. The topological polar surface area (TPSA) is 58.4 Å². The first-order valence-corrected chi connectivity index (χ1v) is 5.92. The Morgan fingerprint density at radius 2 is 2.06 bits per heavy atom. The van der Waals surface area contributed by atoms with E-state index in [2.05, 4.69) is 0 Å². The van der Waals surface area contributed by atoms with Gasteiger partial charge in [0.2, 0.25) is 5.91 Å². The van der Waals surface area contributed by atoms with Gasteiger partial charge >= 0.3 is 6.18 Å². The molecule has 18 heavy (non-hydrogen) atoms. The fourth-order valence-corrected chi connectivity index (χ4v) is 2.10. The molecule has 0 radical (unpaired) electrons. The summed E-state index contributed by atoms with van der Waals surface area (Å²) in [6.07, 6.45) is -3.77. The number of likely N-dealkylation sites (tertiary alicyclic amines) is 1. The van der Waals surface area contributed by atoms with Crippen LogP contribution in [0.15, 0.2) is 0 Å². The predicted molar refractivity (Wildman–Crippen MR) is 61.9 cm³/mol. The van der Waals surface area contributed by atoms with Crippen molar-refractivity contribution in [3.05, 3.63) is 0 Å². The van der Waals surface area contributed by atoms with Crippen molar-refractivity contribution in [1.29, 1.82) is 0 Å². The number of rotatable bonds is 4. The molecule has 1 amide bonds. The van der Waals surface area contributed by atoms with E-state index in [0.717, 1.165) is 0 Å². The number of nitrogens with one attached hydrogen (secondary N) is 1. The van der Waals surface area contributed by atoms with Gasteiger partial charge in [0.15, 0.2) is 0 Å². The number of carbonyl (C=O) groups is 1. The summed E-state index contributed by atoms with van der Waals surface area (Å²) in [7, 11) is 0. The molecular weight excluding hydrogens is 247 g/mol. The van der Waals surface area contributed by atoms with Crippen LogP contribution in [-0.4, -0.2) is 48.7 Å². The first-order valence-electron chi connectivity index (χ1n) is 5.92. The number of nitrogens with two attached hydrogens (primary N) is 1. The van der Waals surface area contributed by atoms with Gasteiger partial charge in [0, 0.05) is 18.6 Å². The number of hydrogen-bond acceptors (Lipinski definition) is 3. The number of alkyl halides is 3. The van der Waals surface area contributed by atoms with Gasteiger partial charge in [-0.15, -0.1) is 0 Å². The number of amides is 1. The monoisotopic (exact) mass is 267 g/mol. The molecule has 1 rings (SSSR count). The van der Waals surface area contributed by atoms with Gasteiger partial charge in [-0.2, -0.15) is 13.2 Å². The summed E-state index contributed by atoms with van der Waals surface area (Å²) in [5.41, 5.74) is 5.50. The van der Waals surface area contributed by atoms with Crippen molar-refractivity contribution in [2.24, 2.45) is 11.7 Å². The van der Waals surface area contributed by atoms with E-state index < -0.39 is 18.6 Å². The highest BCUT2D eigenvalue weighted by Crippen LogP contribution is 2.19. The summed E-state index contributed by atoms with van der Waals surface area (Å²) in [6, 6.07) is 0. The van der Waals surface area contributed by atoms with E-state index in [1.807, 2.05) is 24.1 Å². The lowest BCUT2D eigenvalue weighted by Gasteiger charge is -2.26. The lowest BCUT2D eigenvalue weighted by atomic mass is 10.1. The normalized spacial score (nSPS) is 22.2. The molecule has 1 aliphatic heterocycles. The Labute approximate surface area is 105 Å². The van der Waals surface area contributed by atoms with Gasteiger partial charge in [0.05, 0.1) is 5.92 Å². The maximum absolute atomic E-state index is 12.0. The van der Waals surface area contributed by atoms with E-state index in [9.17, 15) is 18.0 Å². The number of hydrogen-bond donors (Lipinski definition) is 2. The first kappa shape index (κ1) is 15.2. The summed E-state index contributed by atoms with van der Waals surface area (Å²) in [6.45, 7) is 4.31. The molecular formula is C11H20F3N3O. The summed E-state index contributed by atoms with van der Waals surface area (Å²) in [4.78, 5) is 13.5. The van der Waals surface area contributed by atoms with Crippen molar-refractivity contribution in [3.63, 3.8) is 0 Å². The molecule has 7 heteroatoms. The predicted octanol–water partition coefficient (Wildman–Crippen LogP) is 0.724. The molecule has 0 aromatic carbocycles. The third-order valence-electron chi connectivity index (χ3n) is 2.74. The molecule has 0 aromatic rings. The minimum absolute atomic E-state index is 0.364. The molecule has 1 aliphatic rings. The molecule has 1 atom stereocenters. The van der Waals surface area contributed by atoms with E-state index in [-0.39, 0.29) is 11.5 Å². The molecule has 1 heterocycles. The SMILES string of the molecule is CC(C)(N)CN1CCC(C(=O)NCC(F)(F)F)C1. The molecule has 0 bridgehead atoms. The average Bonchev–Trinajstić information content (AvgIpc) is 2.58. The summed E-state index contributed by atoms with van der Waals surface area (Å²) in [5, 5.41) is 1.93. The molecule has 1 saturated heterocycles. The van der Waals surface area contributed by atoms with Gasteiger partial charge in [-0.3, -0.25) is 4.79 Å². The second-order valence-corrected chi connectivity index (χ2v) is 5.54. The smallest absolute Gasteiger partial charge is 0.347 e. The molecule has 0 aliphatic carbocycles. The molecule has 1 fully saturated rings. The maximum Gasteiger partial charge on any atom is 0.405 e. The molecule has 0 saturated carbocycles. The zero-order chi connectivity index (χ0) is 14.0. The quantitative estimate of drug-likeness (QED) is 0.789. The molecule has 1 unspecified atom stereocenters. The highest BCUT2D eigenvalue weighted by Gasteiger charge is 2.33. The largest absolute Gasteiger partial charge is 0.405 e. The van der Waals surface area contributed by atoms with E-state index in [1.54, 1.807) is 0 Å². The minimum Gasteiger partial charge on any atom is -0.347 e. The molecule has 3 N–H and O–H groups in total. The van der Waals surface area contributed by atoms with Crippen molar-refractivity contribution < 1.29 is 18.0 Å². The molecule has 4 nitrogen and oxygen atoms in total. The van der Waals surface area contributed by atoms with E-state index >= 15 is 0 Å². The van der Waals surface area contributed by atoms with Crippen LogP contribution < -0.4 is 11.1 Å². The number of nitrogens with zero attached hydrogens (tertiary/aromatic N) is 1. The zero-order valence-electron chi connectivity index (χ0n) is 10.7. The van der Waals surface area contributed by atoms with Crippen LogP contribution in [0.5, 0.6) is 0 Å². The Bertz CT molecular complexity index is 299. The summed E-state index contributed by atoms with van der Waals surface area (Å²) >= 11 is 0. The van der Waals surface area contributed by atoms with Gasteiger partial charge in [0.25, 0.3) is 0 Å². The Hall–Kier alpha value is -0.820. The number of halogens is 3. The van der Waals surface area contributed by atoms with E-state index in [0.29, 0.717) is 26.1 Å². The van der Waals surface area contributed by atoms with Gasteiger partial charge in [-0.1, -0.05) is 0 Å². The van der Waals surface area contributed by atoms with Crippen molar-refractivity contribution in [1.82, 2.24) is 10.2 Å². The van der Waals surface area contributed by atoms with Crippen LogP contribution in [-0.2, 0) is 4.79 Å². The van der Waals surface area contributed by atoms with Crippen molar-refractivity contribution in [2.75, 3.05) is 26.2 Å². The van der Waals surface area contributed by atoms with Crippen LogP contribution in [0.3, 0.4) is 0 Å². The molecule has 0 aromatic heterocycles. The summed E-state index contributed by atoms with van der Waals surface area (Å²) in [5.74, 6) is -0.889. The first-order chi connectivity index (χ1) is 8.07. The fraction of sp³-hybridized carbons (Fsp3) is 0.909. The van der Waals surface area contributed by atoms with Crippen molar-refractivity contribution in [3.8, 4) is 0 Å². The van der Waals surface area contributed by atoms with Crippen molar-refractivity contribution in [2.45, 2.75) is 32.0 Å². The second-order valence-electron chi connectivity index (χ2n) is 5.54. The van der Waals surface area contributed by atoms with Crippen LogP contribution in [0.2, 0.25) is 0 Å². The third kappa shape index (κ3) is 5.68. The van der Waals surface area contributed by atoms with Crippen LogP contribution in [0.4, 0.5) is 13.2 Å². The molecule has 0 spiro atoms. The Kier molecular flexibility index (Phi) is 4.61. The van der Waals surface area contributed by atoms with Crippen LogP contribution >= 0.6 is 0 Å². The Morgan fingerprint density at radius 3 is 2.56 bits per heavy atom. The lowest BCUT2D eigenvalue weighted by molar-refractivity contribution is -0.140. The number of carbonyl (C=O) groups excluding carboxylic acids is 1. The highest BCUT2D eigenvalue weighted by molar-refractivity contribution is 5.79. The average molecular weight is 267 g/mol. The van der Waals surface area contributed by atoms with E-state index in [1.165, 1.54) is 0 Å². The maximum atomic E-state index is 12.0. The van der Waals surface area contributed by atoms with Gasteiger partial charge in [-0.25, -0.2) is 0 Å². The lowest BCUT2D eigenvalue weighted by Crippen LogP contribution is -2.45. The van der Waals surface area contributed by atoms with Crippen LogP contribution in [0, 0.1) is 5.92 Å². The van der Waals surface area contributed by atoms with Gasteiger partial charge in [-0.05, 0) is 26.8 Å². The Balaban J connectivity index is 2.35.